The molecular weight excluding hydrogens is 349 g/mol. The number of rotatable bonds is 6. The van der Waals surface area contributed by atoms with Crippen LogP contribution in [0.4, 0.5) is 5.69 Å². The van der Waals surface area contributed by atoms with Crippen LogP contribution in [0, 0.1) is 13.8 Å². The van der Waals surface area contributed by atoms with E-state index in [9.17, 15) is 4.79 Å². The van der Waals surface area contributed by atoms with Crippen molar-refractivity contribution in [3.63, 3.8) is 0 Å². The van der Waals surface area contributed by atoms with Crippen LogP contribution < -0.4 is 5.32 Å². The molecule has 22 heavy (non-hydrogen) atoms. The second-order valence-electron chi connectivity index (χ2n) is 6.35. The first kappa shape index (κ1) is 19.8. The van der Waals surface area contributed by atoms with Crippen molar-refractivity contribution < 1.29 is 42.0 Å². The first-order chi connectivity index (χ1) is 9.96. The van der Waals surface area contributed by atoms with E-state index in [1.54, 1.807) is 0 Å². The van der Waals surface area contributed by atoms with Gasteiger partial charge in [-0.2, -0.15) is 0 Å². The summed E-state index contributed by atoms with van der Waals surface area (Å²) in [6.45, 7) is 13.8. The van der Waals surface area contributed by atoms with Gasteiger partial charge in [0, 0.05) is 51.2 Å². The third-order valence-corrected chi connectivity index (χ3v) is 5.59. The average Bonchev–Trinajstić information content (AvgIpc) is 3.27. The number of nitrogens with zero attached hydrogens (tertiary/aromatic N) is 1. The van der Waals surface area contributed by atoms with Crippen LogP contribution >= 0.6 is 0 Å². The van der Waals surface area contributed by atoms with Crippen LogP contribution in [0.15, 0.2) is 18.2 Å². The average molecular weight is 378 g/mol. The predicted octanol–water partition coefficient (Wildman–Crippen LogP) is 3.65. The van der Waals surface area contributed by atoms with Gasteiger partial charge in [-0.25, -0.2) is 0 Å². The van der Waals surface area contributed by atoms with Crippen molar-refractivity contribution in [3.8, 4) is 0 Å². The number of carbonyl (C=O) groups excluding carboxylic acids is 1. The fourth-order valence-electron chi connectivity index (χ4n) is 3.86. The Morgan fingerprint density at radius 2 is 1.55 bits per heavy atom. The number of hydrogen-bond acceptors (Lipinski definition) is 1. The van der Waals surface area contributed by atoms with Crippen LogP contribution in [0.2, 0.25) is 0 Å². The molecule has 1 aliphatic rings. The van der Waals surface area contributed by atoms with Crippen LogP contribution in [0.5, 0.6) is 0 Å². The first-order valence-corrected chi connectivity index (χ1v) is 8.20. The molecule has 1 aromatic carbocycles. The summed E-state index contributed by atoms with van der Waals surface area (Å²) in [5.74, 6) is 0.213. The van der Waals surface area contributed by atoms with E-state index < -0.39 is 0 Å². The van der Waals surface area contributed by atoms with Gasteiger partial charge in [0.05, 0.1) is 19.6 Å². The maximum Gasteiger partial charge on any atom is 0.285 e. The van der Waals surface area contributed by atoms with Gasteiger partial charge < -0.3 is 9.80 Å². The number of anilines is 1. The molecule has 4 heteroatoms. The fraction of sp³-hybridized carbons (Fsp3) is 0.611. The number of aryl methyl sites for hydroxylation is 2. The van der Waals surface area contributed by atoms with Gasteiger partial charge in [0.2, 0.25) is 0 Å². The third kappa shape index (κ3) is 3.18. The second kappa shape index (κ2) is 7.55. The maximum atomic E-state index is 13.0. The number of quaternary nitrogens is 1. The molecule has 119 valence electrons. The Kier molecular flexibility index (Phi) is 6.79. The first-order valence-electron chi connectivity index (χ1n) is 8.20. The van der Waals surface area contributed by atoms with E-state index in [0.29, 0.717) is 0 Å². The quantitative estimate of drug-likeness (QED) is 0.753. The molecule has 1 radical (unpaired) electrons. The number of nitrogens with one attached hydrogen (secondary N) is 1. The van der Waals surface area contributed by atoms with Gasteiger partial charge in [0.25, 0.3) is 5.91 Å². The summed E-state index contributed by atoms with van der Waals surface area (Å²) in [6.07, 6.45) is 2.03. The molecule has 1 aliphatic carbocycles. The molecule has 1 fully saturated rings. The number of benzene rings is 1. The van der Waals surface area contributed by atoms with Crippen LogP contribution in [-0.2, 0) is 37.5 Å². The summed E-state index contributed by atoms with van der Waals surface area (Å²) in [6, 6.07) is 6.16. The van der Waals surface area contributed by atoms with Gasteiger partial charge in [-0.3, -0.25) is 4.79 Å². The zero-order valence-corrected chi connectivity index (χ0v) is 17.5. The minimum absolute atomic E-state index is 0. The van der Waals surface area contributed by atoms with Crippen LogP contribution in [0.3, 0.4) is 0 Å². The summed E-state index contributed by atoms with van der Waals surface area (Å²) in [5.41, 5.74) is 3.08. The Labute approximate surface area is 160 Å². The van der Waals surface area contributed by atoms with Crippen molar-refractivity contribution in [3.05, 3.63) is 29.3 Å². The summed E-state index contributed by atoms with van der Waals surface area (Å²) in [7, 11) is 0. The van der Waals surface area contributed by atoms with E-state index in [-0.39, 0.29) is 44.2 Å². The molecule has 2 rings (SSSR count). The van der Waals surface area contributed by atoms with Gasteiger partial charge in [-0.05, 0) is 45.7 Å². The van der Waals surface area contributed by atoms with Crippen molar-refractivity contribution in [1.29, 1.82) is 0 Å². The van der Waals surface area contributed by atoms with E-state index >= 15 is 0 Å². The number of amides is 1. The van der Waals surface area contributed by atoms with E-state index in [1.165, 1.54) is 0 Å². The zero-order chi connectivity index (χ0) is 15.7. The number of likely N-dealkylation sites (N-methyl/N-ethyl adjacent to an activating group) is 1. The zero-order valence-electron chi connectivity index (χ0n) is 14.7. The molecular formula is C18H29N2OY+. The largest absolute Gasteiger partial charge is 0.320 e. The SMILES string of the molecule is CC[N+](CC)(CC)C1(C(=O)Nc2c(C)cccc2C)CC1.[Y]. The third-order valence-electron chi connectivity index (χ3n) is 5.59. The summed E-state index contributed by atoms with van der Waals surface area (Å²) < 4.78 is 0.907. The predicted molar refractivity (Wildman–Crippen MR) is 88.4 cm³/mol. The summed E-state index contributed by atoms with van der Waals surface area (Å²) >= 11 is 0. The van der Waals surface area contributed by atoms with Gasteiger partial charge in [0.1, 0.15) is 0 Å². The molecule has 1 aromatic rings. The minimum atomic E-state index is -0.201. The standard InChI is InChI=1S/C18H28N2O.Y/c1-6-20(7-2,8-3)18(12-13-18)17(21)19-16-14(4)10-9-11-15(16)5;/h9-11H,6-8,12-13H2,1-5H3;/p+1. The van der Waals surface area contributed by atoms with Crippen LogP contribution in [0.25, 0.3) is 0 Å². The topological polar surface area (TPSA) is 29.1 Å². The summed E-state index contributed by atoms with van der Waals surface area (Å²) in [5, 5.41) is 3.23. The van der Waals surface area contributed by atoms with Crippen molar-refractivity contribution >= 4 is 11.6 Å². The van der Waals surface area contributed by atoms with E-state index in [2.05, 4.69) is 52.1 Å². The second-order valence-corrected chi connectivity index (χ2v) is 6.35. The molecule has 0 unspecified atom stereocenters. The molecule has 0 saturated heterocycles. The molecule has 1 saturated carbocycles. The molecule has 0 aromatic heterocycles. The Morgan fingerprint density at radius 3 is 1.91 bits per heavy atom. The van der Waals surface area contributed by atoms with Crippen LogP contribution in [0.1, 0.15) is 44.7 Å². The van der Waals surface area contributed by atoms with Crippen molar-refractivity contribution in [2.75, 3.05) is 25.0 Å². The monoisotopic (exact) mass is 378 g/mol. The van der Waals surface area contributed by atoms with Gasteiger partial charge >= 0.3 is 0 Å². The Morgan fingerprint density at radius 1 is 1.09 bits per heavy atom. The molecule has 0 bridgehead atoms. The number of carbonyl (C=O) groups is 1. The Hall–Kier alpha value is -0.246. The Balaban J connectivity index is 0.00000242. The van der Waals surface area contributed by atoms with Gasteiger partial charge in [-0.15, -0.1) is 0 Å². The van der Waals surface area contributed by atoms with Crippen LogP contribution in [-0.4, -0.2) is 35.6 Å². The maximum absolute atomic E-state index is 13.0. The normalized spacial score (nSPS) is 15.9. The van der Waals surface area contributed by atoms with Gasteiger partial charge in [-0.1, -0.05) is 18.2 Å². The van der Waals surface area contributed by atoms with Crippen molar-refractivity contribution in [2.45, 2.75) is 53.0 Å². The molecule has 1 amide bonds. The molecule has 1 N–H and O–H groups in total. The van der Waals surface area contributed by atoms with E-state index in [1.807, 2.05) is 6.07 Å². The van der Waals surface area contributed by atoms with Gasteiger partial charge in [0.15, 0.2) is 5.54 Å². The Bertz CT molecular complexity index is 505. The summed E-state index contributed by atoms with van der Waals surface area (Å²) in [4.78, 5) is 13.0. The van der Waals surface area contributed by atoms with Crippen molar-refractivity contribution in [2.24, 2.45) is 0 Å². The molecule has 0 heterocycles. The smallest absolute Gasteiger partial charge is 0.285 e. The molecule has 0 aliphatic heterocycles. The fourth-order valence-corrected chi connectivity index (χ4v) is 3.86. The molecule has 3 nitrogen and oxygen atoms in total. The number of hydrogen-bond donors (Lipinski definition) is 1. The van der Waals surface area contributed by atoms with Crippen molar-refractivity contribution in [1.82, 2.24) is 0 Å². The molecule has 0 atom stereocenters. The van der Waals surface area contributed by atoms with E-state index in [0.717, 1.165) is 53.8 Å². The minimum Gasteiger partial charge on any atom is -0.320 e. The number of para-hydroxylation sites is 1. The van der Waals surface area contributed by atoms with E-state index in [4.69, 9.17) is 0 Å². The molecule has 0 spiro atoms.